The number of carbonyl (C=O) groups excluding carboxylic acids is 1. The summed E-state index contributed by atoms with van der Waals surface area (Å²) in [5, 5.41) is 2.51. The molecule has 5 nitrogen and oxygen atoms in total. The molecule has 0 unspecified atom stereocenters. The summed E-state index contributed by atoms with van der Waals surface area (Å²) in [5.74, 6) is 0.227. The number of alkyl halides is 3. The Morgan fingerprint density at radius 2 is 1.86 bits per heavy atom. The normalized spacial score (nSPS) is 11.2. The van der Waals surface area contributed by atoms with E-state index in [0.717, 1.165) is 0 Å². The zero-order chi connectivity index (χ0) is 15.7. The number of halogens is 3. The van der Waals surface area contributed by atoms with Crippen molar-refractivity contribution in [2.45, 2.75) is 12.6 Å². The molecule has 21 heavy (non-hydrogen) atoms. The lowest BCUT2D eigenvalue weighted by molar-refractivity contribution is -0.174. The zero-order valence-corrected chi connectivity index (χ0v) is 11.3. The second kappa shape index (κ2) is 8.35. The molecule has 8 heteroatoms. The molecule has 0 saturated heterocycles. The van der Waals surface area contributed by atoms with Crippen molar-refractivity contribution in [1.29, 1.82) is 0 Å². The van der Waals surface area contributed by atoms with Crippen LogP contribution in [0.4, 0.5) is 18.9 Å². The largest absolute Gasteiger partial charge is 0.492 e. The third-order valence-corrected chi connectivity index (χ3v) is 2.31. The van der Waals surface area contributed by atoms with Crippen molar-refractivity contribution < 1.29 is 27.4 Å². The molecule has 0 aromatic heterocycles. The predicted octanol–water partition coefficient (Wildman–Crippen LogP) is 1.73. The highest BCUT2D eigenvalue weighted by Gasteiger charge is 2.27. The van der Waals surface area contributed by atoms with Crippen LogP contribution in [0.3, 0.4) is 0 Å². The van der Waals surface area contributed by atoms with Gasteiger partial charge in [0.2, 0.25) is 5.91 Å². The summed E-state index contributed by atoms with van der Waals surface area (Å²) in [5.41, 5.74) is 6.13. The predicted molar refractivity (Wildman–Crippen MR) is 70.9 cm³/mol. The lowest BCUT2D eigenvalue weighted by Crippen LogP contribution is -2.29. The highest BCUT2D eigenvalue weighted by molar-refractivity contribution is 5.75. The minimum absolute atomic E-state index is 0.127. The number of carbonyl (C=O) groups is 1. The first kappa shape index (κ1) is 17.1. The van der Waals surface area contributed by atoms with Gasteiger partial charge in [0.25, 0.3) is 0 Å². The number of hydrogen-bond acceptors (Lipinski definition) is 4. The second-order valence-electron chi connectivity index (χ2n) is 4.19. The van der Waals surface area contributed by atoms with Gasteiger partial charge >= 0.3 is 6.18 Å². The Balaban J connectivity index is 2.04. The summed E-state index contributed by atoms with van der Waals surface area (Å²) in [6.07, 6.45) is -4.50. The van der Waals surface area contributed by atoms with Crippen molar-refractivity contribution in [2.24, 2.45) is 0 Å². The minimum atomic E-state index is -4.37. The van der Waals surface area contributed by atoms with Crippen LogP contribution in [0.25, 0.3) is 0 Å². The number of ether oxygens (including phenoxy) is 2. The lowest BCUT2D eigenvalue weighted by atomic mass is 10.3. The molecular formula is C13H17F3N2O3. The summed E-state index contributed by atoms with van der Waals surface area (Å²) >= 11 is 0. The Morgan fingerprint density at radius 1 is 1.19 bits per heavy atom. The molecule has 0 aliphatic heterocycles. The number of nitrogens with two attached hydrogens (primary N) is 1. The highest BCUT2D eigenvalue weighted by Crippen LogP contribution is 2.14. The number of amides is 1. The van der Waals surface area contributed by atoms with Gasteiger partial charge < -0.3 is 20.5 Å². The molecular weight excluding hydrogens is 289 g/mol. The summed E-state index contributed by atoms with van der Waals surface area (Å²) in [4.78, 5) is 11.3. The SMILES string of the molecule is Nc1ccc(OCCNC(=O)CCOCC(F)(F)F)cc1. The van der Waals surface area contributed by atoms with E-state index < -0.39 is 18.7 Å². The topological polar surface area (TPSA) is 73.6 Å². The number of anilines is 1. The van der Waals surface area contributed by atoms with Gasteiger partial charge in [-0.15, -0.1) is 0 Å². The Kier molecular flexibility index (Phi) is 6.80. The third-order valence-electron chi connectivity index (χ3n) is 2.31. The molecule has 0 atom stereocenters. The van der Waals surface area contributed by atoms with Crippen molar-refractivity contribution >= 4 is 11.6 Å². The molecule has 0 bridgehead atoms. The van der Waals surface area contributed by atoms with Gasteiger partial charge in [0, 0.05) is 12.1 Å². The maximum atomic E-state index is 11.8. The summed E-state index contributed by atoms with van der Waals surface area (Å²) < 4.78 is 45.0. The van der Waals surface area contributed by atoms with Gasteiger partial charge in [-0.1, -0.05) is 0 Å². The molecule has 1 aromatic carbocycles. The fourth-order valence-corrected chi connectivity index (χ4v) is 1.36. The Labute approximate surface area is 120 Å². The van der Waals surface area contributed by atoms with E-state index in [-0.39, 0.29) is 26.2 Å². The van der Waals surface area contributed by atoms with E-state index in [1.165, 1.54) is 0 Å². The summed E-state index contributed by atoms with van der Waals surface area (Å²) in [7, 11) is 0. The molecule has 0 fully saturated rings. The standard InChI is InChI=1S/C13H17F3N2O3/c14-13(15,16)9-20-7-5-12(19)18-6-8-21-11-3-1-10(17)2-4-11/h1-4H,5-9,17H2,(H,18,19). The molecule has 0 saturated carbocycles. The fraction of sp³-hybridized carbons (Fsp3) is 0.462. The average molecular weight is 306 g/mol. The molecule has 0 aliphatic carbocycles. The molecule has 0 radical (unpaired) electrons. The van der Waals surface area contributed by atoms with Crippen LogP contribution >= 0.6 is 0 Å². The van der Waals surface area contributed by atoms with Gasteiger partial charge in [-0.3, -0.25) is 4.79 Å². The summed E-state index contributed by atoms with van der Waals surface area (Å²) in [6.45, 7) is -1.12. The van der Waals surface area contributed by atoms with Crippen LogP contribution in [0.15, 0.2) is 24.3 Å². The Hall–Kier alpha value is -1.96. The van der Waals surface area contributed by atoms with Gasteiger partial charge in [-0.2, -0.15) is 13.2 Å². The molecule has 118 valence electrons. The molecule has 1 amide bonds. The monoisotopic (exact) mass is 306 g/mol. The van der Waals surface area contributed by atoms with Gasteiger partial charge in [0.15, 0.2) is 0 Å². The lowest BCUT2D eigenvalue weighted by Gasteiger charge is -2.09. The van der Waals surface area contributed by atoms with Crippen LogP contribution in [0.5, 0.6) is 5.75 Å². The second-order valence-corrected chi connectivity index (χ2v) is 4.19. The zero-order valence-electron chi connectivity index (χ0n) is 11.3. The first-order chi connectivity index (χ1) is 9.87. The van der Waals surface area contributed by atoms with E-state index >= 15 is 0 Å². The fourth-order valence-electron chi connectivity index (χ4n) is 1.36. The van der Waals surface area contributed by atoms with E-state index in [1.54, 1.807) is 24.3 Å². The maximum Gasteiger partial charge on any atom is 0.411 e. The van der Waals surface area contributed by atoms with E-state index in [0.29, 0.717) is 11.4 Å². The maximum absolute atomic E-state index is 11.8. The number of nitrogens with one attached hydrogen (secondary N) is 1. The Bertz CT molecular complexity index is 435. The first-order valence-electron chi connectivity index (χ1n) is 6.26. The summed E-state index contributed by atoms with van der Waals surface area (Å²) in [6, 6.07) is 6.77. The number of rotatable bonds is 8. The van der Waals surface area contributed by atoms with Crippen LogP contribution in [-0.2, 0) is 9.53 Å². The van der Waals surface area contributed by atoms with E-state index in [1.807, 2.05) is 0 Å². The van der Waals surface area contributed by atoms with Crippen LogP contribution in [-0.4, -0.2) is 38.4 Å². The Morgan fingerprint density at radius 3 is 2.48 bits per heavy atom. The molecule has 1 rings (SSSR count). The number of hydrogen-bond donors (Lipinski definition) is 2. The number of nitrogen functional groups attached to an aromatic ring is 1. The molecule has 3 N–H and O–H groups in total. The quantitative estimate of drug-likeness (QED) is 0.567. The van der Waals surface area contributed by atoms with Crippen molar-refractivity contribution in [3.63, 3.8) is 0 Å². The molecule has 0 aliphatic rings. The van der Waals surface area contributed by atoms with Crippen LogP contribution in [0.1, 0.15) is 6.42 Å². The van der Waals surface area contributed by atoms with Crippen molar-refractivity contribution in [3.8, 4) is 5.75 Å². The minimum Gasteiger partial charge on any atom is -0.492 e. The van der Waals surface area contributed by atoms with Gasteiger partial charge in [-0.05, 0) is 24.3 Å². The third kappa shape index (κ3) is 8.74. The highest BCUT2D eigenvalue weighted by atomic mass is 19.4. The van der Waals surface area contributed by atoms with Gasteiger partial charge in [-0.25, -0.2) is 0 Å². The molecule has 0 spiro atoms. The first-order valence-corrected chi connectivity index (χ1v) is 6.26. The van der Waals surface area contributed by atoms with Gasteiger partial charge in [0.1, 0.15) is 19.0 Å². The smallest absolute Gasteiger partial charge is 0.411 e. The van der Waals surface area contributed by atoms with E-state index in [4.69, 9.17) is 10.5 Å². The van der Waals surface area contributed by atoms with E-state index in [9.17, 15) is 18.0 Å². The molecule has 0 heterocycles. The number of benzene rings is 1. The van der Waals surface area contributed by atoms with Crippen LogP contribution in [0, 0.1) is 0 Å². The van der Waals surface area contributed by atoms with Crippen molar-refractivity contribution in [1.82, 2.24) is 5.32 Å². The van der Waals surface area contributed by atoms with Crippen LogP contribution < -0.4 is 15.8 Å². The van der Waals surface area contributed by atoms with Crippen molar-refractivity contribution in [2.75, 3.05) is 32.1 Å². The van der Waals surface area contributed by atoms with Gasteiger partial charge in [0.05, 0.1) is 13.2 Å². The average Bonchev–Trinajstić information content (AvgIpc) is 2.41. The molecule has 1 aromatic rings. The van der Waals surface area contributed by atoms with Crippen LogP contribution in [0.2, 0.25) is 0 Å². The van der Waals surface area contributed by atoms with E-state index in [2.05, 4.69) is 10.1 Å². The van der Waals surface area contributed by atoms with Crippen molar-refractivity contribution in [3.05, 3.63) is 24.3 Å².